The van der Waals surface area contributed by atoms with Crippen molar-refractivity contribution < 1.29 is 28.6 Å². The Labute approximate surface area is 187 Å². The van der Waals surface area contributed by atoms with E-state index in [1.54, 1.807) is 57.2 Å². The number of nitrogens with one attached hydrogen (secondary N) is 3. The summed E-state index contributed by atoms with van der Waals surface area (Å²) in [7, 11) is 1.46. The summed E-state index contributed by atoms with van der Waals surface area (Å²) in [6, 6.07) is 11.5. The molecule has 172 valence electrons. The second kappa shape index (κ2) is 11.0. The van der Waals surface area contributed by atoms with Crippen LogP contribution in [-0.2, 0) is 9.53 Å². The van der Waals surface area contributed by atoms with Gasteiger partial charge in [-0.3, -0.25) is 14.9 Å². The Morgan fingerprint density at radius 2 is 1.69 bits per heavy atom. The number of anilines is 2. The lowest BCUT2D eigenvalue weighted by atomic mass is 10.2. The number of benzene rings is 2. The third kappa shape index (κ3) is 7.50. The summed E-state index contributed by atoms with van der Waals surface area (Å²) in [4.78, 5) is 36.8. The normalized spacial score (nSPS) is 10.7. The van der Waals surface area contributed by atoms with Crippen molar-refractivity contribution in [3.63, 3.8) is 0 Å². The quantitative estimate of drug-likeness (QED) is 0.572. The largest absolute Gasteiger partial charge is 0.495 e. The maximum Gasteiger partial charge on any atom is 0.412 e. The van der Waals surface area contributed by atoms with E-state index in [1.165, 1.54) is 13.2 Å². The van der Waals surface area contributed by atoms with Crippen LogP contribution in [0.25, 0.3) is 0 Å². The topological polar surface area (TPSA) is 115 Å². The molecular weight excluding hydrogens is 414 g/mol. The monoisotopic (exact) mass is 443 g/mol. The molecule has 0 spiro atoms. The number of hydrogen-bond acceptors (Lipinski definition) is 6. The summed E-state index contributed by atoms with van der Waals surface area (Å²) < 4.78 is 15.9. The molecule has 2 aromatic rings. The van der Waals surface area contributed by atoms with E-state index in [9.17, 15) is 14.4 Å². The Balaban J connectivity index is 2.01. The van der Waals surface area contributed by atoms with Gasteiger partial charge in [-0.2, -0.15) is 0 Å². The van der Waals surface area contributed by atoms with Crippen molar-refractivity contribution in [2.75, 3.05) is 30.9 Å². The van der Waals surface area contributed by atoms with Gasteiger partial charge in [-0.05, 0) is 58.0 Å². The molecule has 3 N–H and O–H groups in total. The first-order valence-electron chi connectivity index (χ1n) is 10.1. The van der Waals surface area contributed by atoms with Crippen molar-refractivity contribution >= 4 is 29.3 Å². The Morgan fingerprint density at radius 1 is 0.969 bits per heavy atom. The highest BCUT2D eigenvalue weighted by Crippen LogP contribution is 2.28. The zero-order chi connectivity index (χ0) is 23.7. The van der Waals surface area contributed by atoms with Gasteiger partial charge >= 0.3 is 6.09 Å². The lowest BCUT2D eigenvalue weighted by Crippen LogP contribution is -2.33. The molecule has 9 nitrogen and oxygen atoms in total. The maximum atomic E-state index is 12.4. The number of hydrogen-bond donors (Lipinski definition) is 3. The molecule has 2 aromatic carbocycles. The molecule has 3 amide bonds. The Kier molecular flexibility index (Phi) is 8.46. The predicted molar refractivity (Wildman–Crippen MR) is 121 cm³/mol. The third-order valence-electron chi connectivity index (χ3n) is 3.96. The van der Waals surface area contributed by atoms with E-state index in [2.05, 4.69) is 16.0 Å². The molecule has 0 heterocycles. The molecule has 0 atom stereocenters. The fourth-order valence-corrected chi connectivity index (χ4v) is 2.69. The molecule has 0 bridgehead atoms. The van der Waals surface area contributed by atoms with Gasteiger partial charge in [0.05, 0.1) is 31.5 Å². The van der Waals surface area contributed by atoms with Gasteiger partial charge in [0, 0.05) is 5.69 Å². The number of methoxy groups -OCH3 is 1. The zero-order valence-electron chi connectivity index (χ0n) is 18.9. The van der Waals surface area contributed by atoms with Gasteiger partial charge in [0.2, 0.25) is 5.91 Å². The van der Waals surface area contributed by atoms with E-state index in [1.807, 2.05) is 6.92 Å². The predicted octanol–water partition coefficient (Wildman–Crippen LogP) is 3.81. The second-order valence-electron chi connectivity index (χ2n) is 7.70. The number of ether oxygens (including phenoxy) is 3. The third-order valence-corrected chi connectivity index (χ3v) is 3.96. The first kappa shape index (κ1) is 24.5. The first-order chi connectivity index (χ1) is 15.1. The van der Waals surface area contributed by atoms with E-state index in [4.69, 9.17) is 14.2 Å². The van der Waals surface area contributed by atoms with Crippen LogP contribution in [0, 0.1) is 0 Å². The highest BCUT2D eigenvalue weighted by Gasteiger charge is 2.18. The number of rotatable bonds is 8. The van der Waals surface area contributed by atoms with Crippen molar-refractivity contribution in [2.45, 2.75) is 33.3 Å². The fourth-order valence-electron chi connectivity index (χ4n) is 2.69. The van der Waals surface area contributed by atoms with Crippen molar-refractivity contribution in [3.05, 3.63) is 48.0 Å². The maximum absolute atomic E-state index is 12.4. The highest BCUT2D eigenvalue weighted by molar-refractivity contribution is 6.01. The number of para-hydroxylation sites is 1. The lowest BCUT2D eigenvalue weighted by molar-refractivity contribution is -0.115. The van der Waals surface area contributed by atoms with Crippen molar-refractivity contribution in [3.8, 4) is 11.5 Å². The van der Waals surface area contributed by atoms with Crippen LogP contribution in [0.2, 0.25) is 0 Å². The van der Waals surface area contributed by atoms with Crippen LogP contribution >= 0.6 is 0 Å². The van der Waals surface area contributed by atoms with Crippen LogP contribution in [0.1, 0.15) is 38.1 Å². The van der Waals surface area contributed by atoms with E-state index in [0.717, 1.165) is 0 Å². The highest BCUT2D eigenvalue weighted by atomic mass is 16.6. The molecule has 0 aliphatic carbocycles. The molecule has 32 heavy (non-hydrogen) atoms. The Hall–Kier alpha value is -3.75. The molecular formula is C23H29N3O6. The standard InChI is InChI=1S/C23H29N3O6/c1-6-31-18-10-8-7-9-16(18)21(28)24-14-20(27)25-15-11-12-19(30-5)17(13-15)26-22(29)32-23(2,3)4/h7-13H,6,14H2,1-5H3,(H,24,28)(H,25,27)(H,26,29). The van der Waals surface area contributed by atoms with Crippen LogP contribution in [0.3, 0.4) is 0 Å². The van der Waals surface area contributed by atoms with Gasteiger partial charge in [-0.15, -0.1) is 0 Å². The summed E-state index contributed by atoms with van der Waals surface area (Å²) in [6.45, 7) is 7.25. The summed E-state index contributed by atoms with van der Waals surface area (Å²) in [5, 5.41) is 7.84. The van der Waals surface area contributed by atoms with Crippen LogP contribution in [-0.4, -0.2) is 43.8 Å². The smallest absolute Gasteiger partial charge is 0.412 e. The van der Waals surface area contributed by atoms with Gasteiger partial charge in [-0.1, -0.05) is 12.1 Å². The van der Waals surface area contributed by atoms with Gasteiger partial charge < -0.3 is 24.8 Å². The van der Waals surface area contributed by atoms with Crippen LogP contribution < -0.4 is 25.4 Å². The minimum atomic E-state index is -0.665. The molecule has 0 aliphatic heterocycles. The van der Waals surface area contributed by atoms with Gasteiger partial charge in [0.15, 0.2) is 0 Å². The first-order valence-corrected chi connectivity index (χ1v) is 10.1. The van der Waals surface area contributed by atoms with E-state index in [0.29, 0.717) is 35.0 Å². The molecule has 0 radical (unpaired) electrons. The number of carbonyl (C=O) groups excluding carboxylic acids is 3. The van der Waals surface area contributed by atoms with Crippen LogP contribution in [0.15, 0.2) is 42.5 Å². The van der Waals surface area contributed by atoms with Gasteiger partial charge in [-0.25, -0.2) is 4.79 Å². The summed E-state index contributed by atoms with van der Waals surface area (Å²) in [5.74, 6) is -0.0255. The molecule has 0 saturated carbocycles. The Bertz CT molecular complexity index is 968. The SMILES string of the molecule is CCOc1ccccc1C(=O)NCC(=O)Nc1ccc(OC)c(NC(=O)OC(C)(C)C)c1. The van der Waals surface area contributed by atoms with Gasteiger partial charge in [0.25, 0.3) is 5.91 Å². The molecule has 0 fully saturated rings. The molecule has 2 rings (SSSR count). The molecule has 0 unspecified atom stereocenters. The summed E-state index contributed by atoms with van der Waals surface area (Å²) in [5.41, 5.74) is 0.415. The zero-order valence-corrected chi connectivity index (χ0v) is 18.9. The lowest BCUT2D eigenvalue weighted by Gasteiger charge is -2.20. The second-order valence-corrected chi connectivity index (χ2v) is 7.70. The van der Waals surface area contributed by atoms with Crippen molar-refractivity contribution in [1.82, 2.24) is 5.32 Å². The molecule has 0 aliphatic rings. The van der Waals surface area contributed by atoms with Gasteiger partial charge in [0.1, 0.15) is 17.1 Å². The number of carbonyl (C=O) groups is 3. The van der Waals surface area contributed by atoms with E-state index in [-0.39, 0.29) is 6.54 Å². The van der Waals surface area contributed by atoms with E-state index < -0.39 is 23.5 Å². The molecule has 9 heteroatoms. The number of amides is 3. The average Bonchev–Trinajstić information content (AvgIpc) is 2.71. The summed E-state index contributed by atoms with van der Waals surface area (Å²) in [6.07, 6.45) is -0.653. The minimum Gasteiger partial charge on any atom is -0.495 e. The van der Waals surface area contributed by atoms with Crippen LogP contribution in [0.4, 0.5) is 16.2 Å². The molecule has 0 aromatic heterocycles. The summed E-state index contributed by atoms with van der Waals surface area (Å²) >= 11 is 0. The fraction of sp³-hybridized carbons (Fsp3) is 0.348. The average molecular weight is 444 g/mol. The Morgan fingerprint density at radius 3 is 2.34 bits per heavy atom. The molecule has 0 saturated heterocycles. The van der Waals surface area contributed by atoms with Crippen molar-refractivity contribution in [1.29, 1.82) is 0 Å². The van der Waals surface area contributed by atoms with Crippen molar-refractivity contribution in [2.24, 2.45) is 0 Å². The van der Waals surface area contributed by atoms with Crippen LogP contribution in [0.5, 0.6) is 11.5 Å². The van der Waals surface area contributed by atoms with E-state index >= 15 is 0 Å². The minimum absolute atomic E-state index is 0.250.